The predicted molar refractivity (Wildman–Crippen MR) is 90.3 cm³/mol. The van der Waals surface area contributed by atoms with E-state index in [2.05, 4.69) is 32.2 Å². The summed E-state index contributed by atoms with van der Waals surface area (Å²) in [6.45, 7) is 7.72. The van der Waals surface area contributed by atoms with Gasteiger partial charge in [-0.25, -0.2) is 0 Å². The summed E-state index contributed by atoms with van der Waals surface area (Å²) in [6.07, 6.45) is 6.80. The van der Waals surface area contributed by atoms with Crippen LogP contribution in [0.3, 0.4) is 0 Å². The van der Waals surface area contributed by atoms with E-state index in [0.717, 1.165) is 43.0 Å². The second-order valence-electron chi connectivity index (χ2n) is 6.14. The first kappa shape index (κ1) is 16.6. The number of benzene rings is 1. The predicted octanol–water partition coefficient (Wildman–Crippen LogP) is 5.50. The first-order chi connectivity index (χ1) is 10.1. The van der Waals surface area contributed by atoms with Crippen LogP contribution in [0.25, 0.3) is 0 Å². The van der Waals surface area contributed by atoms with Crippen LogP contribution in [-0.4, -0.2) is 12.1 Å². The Kier molecular flexibility index (Phi) is 5.95. The number of hydrogen-bond acceptors (Lipinski definition) is 2. The van der Waals surface area contributed by atoms with Gasteiger partial charge in [0, 0.05) is 23.0 Å². The molecule has 118 valence electrons. The highest BCUT2D eigenvalue weighted by Crippen LogP contribution is 2.44. The van der Waals surface area contributed by atoms with Crippen LogP contribution in [0.5, 0.6) is 5.75 Å². The maximum atomic E-state index is 6.44. The molecule has 1 aromatic carbocycles. The molecule has 1 heterocycles. The molecule has 2 rings (SSSR count). The number of hydrogen-bond donors (Lipinski definition) is 1. The maximum Gasteiger partial charge on any atom is 0.125 e. The van der Waals surface area contributed by atoms with Crippen molar-refractivity contribution in [2.24, 2.45) is 0 Å². The van der Waals surface area contributed by atoms with Gasteiger partial charge in [0.15, 0.2) is 0 Å². The minimum atomic E-state index is -0.0255. The Morgan fingerprint density at radius 2 is 2.10 bits per heavy atom. The molecule has 3 heteroatoms. The third-order valence-electron chi connectivity index (χ3n) is 4.52. The molecule has 1 aromatic rings. The minimum absolute atomic E-state index is 0.0255. The van der Waals surface area contributed by atoms with Gasteiger partial charge in [-0.05, 0) is 50.4 Å². The Hall–Kier alpha value is -0.730. The molecular formula is C18H28ClNO. The van der Waals surface area contributed by atoms with E-state index in [4.69, 9.17) is 16.3 Å². The van der Waals surface area contributed by atoms with Gasteiger partial charge in [0.1, 0.15) is 11.4 Å². The molecule has 2 nitrogen and oxygen atoms in total. The van der Waals surface area contributed by atoms with Crippen LogP contribution in [0, 0.1) is 0 Å². The van der Waals surface area contributed by atoms with Crippen molar-refractivity contribution in [1.29, 1.82) is 0 Å². The van der Waals surface area contributed by atoms with E-state index in [9.17, 15) is 0 Å². The molecule has 0 aliphatic carbocycles. The number of rotatable bonds is 7. The fourth-order valence-corrected chi connectivity index (χ4v) is 3.37. The van der Waals surface area contributed by atoms with Gasteiger partial charge in [0.25, 0.3) is 0 Å². The van der Waals surface area contributed by atoms with E-state index >= 15 is 0 Å². The summed E-state index contributed by atoms with van der Waals surface area (Å²) in [5.41, 5.74) is 1.19. The van der Waals surface area contributed by atoms with Crippen molar-refractivity contribution in [3.05, 3.63) is 28.8 Å². The van der Waals surface area contributed by atoms with Crippen LogP contribution in [0.2, 0.25) is 5.02 Å². The summed E-state index contributed by atoms with van der Waals surface area (Å²) in [5.74, 6) is 1.01. The van der Waals surface area contributed by atoms with Gasteiger partial charge in [-0.2, -0.15) is 0 Å². The summed E-state index contributed by atoms with van der Waals surface area (Å²) in [5, 5.41) is 4.47. The molecule has 0 spiro atoms. The van der Waals surface area contributed by atoms with Gasteiger partial charge in [0.05, 0.1) is 0 Å². The molecule has 1 aliphatic rings. The van der Waals surface area contributed by atoms with Crippen molar-refractivity contribution in [1.82, 2.24) is 5.32 Å². The normalized spacial score (nSPS) is 24.5. The fraction of sp³-hybridized carbons (Fsp3) is 0.667. The Bertz CT molecular complexity index is 463. The standard InChI is InChI=1S/C18H28ClNO/c1-4-7-10-18(6-3)13-16(20-11-5-2)15-12-14(19)8-9-17(15)21-18/h8-9,12,16,20H,4-7,10-11,13H2,1-3H3. The zero-order chi connectivity index (χ0) is 15.3. The third kappa shape index (κ3) is 3.92. The molecule has 21 heavy (non-hydrogen) atoms. The largest absolute Gasteiger partial charge is 0.487 e. The van der Waals surface area contributed by atoms with Crippen LogP contribution in [0.4, 0.5) is 0 Å². The van der Waals surface area contributed by atoms with E-state index in [1.165, 1.54) is 18.4 Å². The molecule has 2 atom stereocenters. The lowest BCUT2D eigenvalue weighted by Crippen LogP contribution is -2.44. The molecule has 0 fully saturated rings. The molecule has 0 radical (unpaired) electrons. The number of ether oxygens (including phenoxy) is 1. The highest BCUT2D eigenvalue weighted by molar-refractivity contribution is 6.30. The molecular weight excluding hydrogens is 282 g/mol. The Balaban J connectivity index is 2.29. The third-order valence-corrected chi connectivity index (χ3v) is 4.76. The molecule has 0 aromatic heterocycles. The minimum Gasteiger partial charge on any atom is -0.487 e. The van der Waals surface area contributed by atoms with Crippen molar-refractivity contribution < 1.29 is 4.74 Å². The molecule has 1 N–H and O–H groups in total. The van der Waals surface area contributed by atoms with E-state index in [1.807, 2.05) is 12.1 Å². The van der Waals surface area contributed by atoms with Crippen LogP contribution in [0.1, 0.15) is 70.9 Å². The summed E-state index contributed by atoms with van der Waals surface area (Å²) >= 11 is 6.18. The molecule has 0 saturated carbocycles. The zero-order valence-electron chi connectivity index (χ0n) is 13.5. The Labute approximate surface area is 134 Å². The number of halogens is 1. The van der Waals surface area contributed by atoms with Crippen LogP contribution in [-0.2, 0) is 0 Å². The van der Waals surface area contributed by atoms with Gasteiger partial charge in [-0.15, -0.1) is 0 Å². The summed E-state index contributed by atoms with van der Waals surface area (Å²) in [4.78, 5) is 0. The second kappa shape index (κ2) is 7.51. The van der Waals surface area contributed by atoms with Crippen molar-refractivity contribution >= 4 is 11.6 Å². The zero-order valence-corrected chi connectivity index (χ0v) is 14.3. The lowest BCUT2D eigenvalue weighted by Gasteiger charge is -2.42. The molecule has 0 saturated heterocycles. The molecule has 0 amide bonds. The van der Waals surface area contributed by atoms with Crippen LogP contribution < -0.4 is 10.1 Å². The highest BCUT2D eigenvalue weighted by atomic mass is 35.5. The summed E-state index contributed by atoms with van der Waals surface area (Å²) < 4.78 is 6.44. The number of nitrogens with one attached hydrogen (secondary N) is 1. The van der Waals surface area contributed by atoms with E-state index in [-0.39, 0.29) is 5.60 Å². The van der Waals surface area contributed by atoms with Gasteiger partial charge in [-0.1, -0.05) is 38.8 Å². The molecule has 0 bridgehead atoms. The Morgan fingerprint density at radius 1 is 1.29 bits per heavy atom. The SMILES string of the molecule is CCCCC1(CC)CC(NCCC)c2cc(Cl)ccc2O1. The quantitative estimate of drug-likeness (QED) is 0.718. The van der Waals surface area contributed by atoms with Gasteiger partial charge < -0.3 is 10.1 Å². The first-order valence-electron chi connectivity index (χ1n) is 8.36. The average molecular weight is 310 g/mol. The number of unbranched alkanes of at least 4 members (excludes halogenated alkanes) is 1. The monoisotopic (exact) mass is 309 g/mol. The average Bonchev–Trinajstić information content (AvgIpc) is 2.51. The van der Waals surface area contributed by atoms with E-state index in [1.54, 1.807) is 0 Å². The van der Waals surface area contributed by atoms with Gasteiger partial charge in [0.2, 0.25) is 0 Å². The topological polar surface area (TPSA) is 21.3 Å². The maximum absolute atomic E-state index is 6.44. The molecule has 2 unspecified atom stereocenters. The number of fused-ring (bicyclic) bond motifs is 1. The van der Waals surface area contributed by atoms with Crippen LogP contribution in [0.15, 0.2) is 18.2 Å². The fourth-order valence-electron chi connectivity index (χ4n) is 3.19. The van der Waals surface area contributed by atoms with E-state index in [0.29, 0.717) is 6.04 Å². The van der Waals surface area contributed by atoms with Crippen molar-refractivity contribution in [2.45, 2.75) is 70.9 Å². The van der Waals surface area contributed by atoms with Gasteiger partial charge in [-0.3, -0.25) is 0 Å². The van der Waals surface area contributed by atoms with E-state index < -0.39 is 0 Å². The lowest BCUT2D eigenvalue weighted by molar-refractivity contribution is 0.0166. The van der Waals surface area contributed by atoms with Crippen molar-refractivity contribution in [3.8, 4) is 5.75 Å². The lowest BCUT2D eigenvalue weighted by atomic mass is 9.82. The summed E-state index contributed by atoms with van der Waals surface area (Å²) in [7, 11) is 0. The smallest absolute Gasteiger partial charge is 0.125 e. The van der Waals surface area contributed by atoms with Gasteiger partial charge >= 0.3 is 0 Å². The second-order valence-corrected chi connectivity index (χ2v) is 6.57. The Morgan fingerprint density at radius 3 is 2.76 bits per heavy atom. The van der Waals surface area contributed by atoms with Crippen LogP contribution >= 0.6 is 11.6 Å². The van der Waals surface area contributed by atoms with Crippen molar-refractivity contribution in [2.75, 3.05) is 6.54 Å². The summed E-state index contributed by atoms with van der Waals surface area (Å²) in [6, 6.07) is 6.38. The van der Waals surface area contributed by atoms with Crippen molar-refractivity contribution in [3.63, 3.8) is 0 Å². The highest BCUT2D eigenvalue weighted by Gasteiger charge is 2.39. The first-order valence-corrected chi connectivity index (χ1v) is 8.73. The molecule has 1 aliphatic heterocycles.